The Labute approximate surface area is 217 Å². The van der Waals surface area contributed by atoms with E-state index >= 15 is 0 Å². The molecule has 2 aromatic carbocycles. The van der Waals surface area contributed by atoms with Crippen molar-refractivity contribution in [2.45, 2.75) is 65.8 Å². The van der Waals surface area contributed by atoms with Crippen molar-refractivity contribution in [3.63, 3.8) is 0 Å². The summed E-state index contributed by atoms with van der Waals surface area (Å²) in [5.74, 6) is -1.28. The number of nitrogens with one attached hydrogen (secondary N) is 2. The van der Waals surface area contributed by atoms with Crippen molar-refractivity contribution in [1.29, 1.82) is 0 Å². The highest BCUT2D eigenvalue weighted by Crippen LogP contribution is 2.60. The minimum Gasteiger partial charge on any atom is -0.462 e. The fourth-order valence-electron chi connectivity index (χ4n) is 2.76. The van der Waals surface area contributed by atoms with Crippen molar-refractivity contribution in [3.05, 3.63) is 60.7 Å². The molecule has 0 aliphatic heterocycles. The minimum atomic E-state index is -4.62. The molecular formula is C24H34N2O9P2. The Morgan fingerprint density at radius 1 is 0.622 bits per heavy atom. The number of esters is 2. The molecule has 37 heavy (non-hydrogen) atoms. The van der Waals surface area contributed by atoms with Crippen LogP contribution in [0.25, 0.3) is 0 Å². The predicted molar refractivity (Wildman–Crippen MR) is 138 cm³/mol. The van der Waals surface area contributed by atoms with Crippen molar-refractivity contribution in [2.24, 2.45) is 0 Å². The first kappa shape index (κ1) is 30.5. The Bertz CT molecular complexity index is 1030. The maximum Gasteiger partial charge on any atom is 0.468 e. The van der Waals surface area contributed by atoms with E-state index in [0.29, 0.717) is 0 Å². The maximum atomic E-state index is 13.9. The van der Waals surface area contributed by atoms with E-state index in [1.165, 1.54) is 38.1 Å². The van der Waals surface area contributed by atoms with Crippen molar-refractivity contribution in [2.75, 3.05) is 0 Å². The van der Waals surface area contributed by atoms with Crippen LogP contribution in [0.15, 0.2) is 60.7 Å². The molecule has 0 aliphatic rings. The van der Waals surface area contributed by atoms with Gasteiger partial charge in [0.1, 0.15) is 23.6 Å². The van der Waals surface area contributed by atoms with Gasteiger partial charge in [0.15, 0.2) is 0 Å². The van der Waals surface area contributed by atoms with Gasteiger partial charge in [-0.2, -0.15) is 14.5 Å². The van der Waals surface area contributed by atoms with E-state index < -0.39 is 51.7 Å². The highest BCUT2D eigenvalue weighted by atomic mass is 31.3. The van der Waals surface area contributed by atoms with E-state index in [1.54, 1.807) is 64.1 Å². The topological polar surface area (TPSA) is 138 Å². The van der Waals surface area contributed by atoms with E-state index in [1.807, 2.05) is 0 Å². The highest BCUT2D eigenvalue weighted by molar-refractivity contribution is 7.65. The molecule has 4 unspecified atom stereocenters. The number of hydrogen-bond acceptors (Lipinski definition) is 9. The van der Waals surface area contributed by atoms with Gasteiger partial charge in [-0.05, 0) is 65.8 Å². The van der Waals surface area contributed by atoms with Gasteiger partial charge in [0.2, 0.25) is 0 Å². The fourth-order valence-corrected chi connectivity index (χ4v) is 6.60. The summed E-state index contributed by atoms with van der Waals surface area (Å²) in [6.45, 7) is 9.40. The van der Waals surface area contributed by atoms with Crippen LogP contribution in [0.1, 0.15) is 41.5 Å². The van der Waals surface area contributed by atoms with Gasteiger partial charge in [0.05, 0.1) is 12.2 Å². The van der Waals surface area contributed by atoms with Crippen LogP contribution in [0.2, 0.25) is 0 Å². The van der Waals surface area contributed by atoms with Gasteiger partial charge in [-0.25, -0.2) is 9.13 Å². The highest BCUT2D eigenvalue weighted by Gasteiger charge is 2.44. The summed E-state index contributed by atoms with van der Waals surface area (Å²) in [5, 5.41) is 4.90. The maximum absolute atomic E-state index is 13.9. The van der Waals surface area contributed by atoms with Crippen LogP contribution in [0.3, 0.4) is 0 Å². The van der Waals surface area contributed by atoms with Gasteiger partial charge in [-0.3, -0.25) is 9.59 Å². The Morgan fingerprint density at radius 2 is 0.946 bits per heavy atom. The quantitative estimate of drug-likeness (QED) is 0.233. The van der Waals surface area contributed by atoms with Gasteiger partial charge >= 0.3 is 27.4 Å². The first-order valence-electron chi connectivity index (χ1n) is 11.7. The molecule has 2 rings (SSSR count). The van der Waals surface area contributed by atoms with Crippen LogP contribution in [-0.2, 0) is 32.5 Å². The first-order valence-corrected chi connectivity index (χ1v) is 14.8. The average molecular weight is 556 g/mol. The molecule has 11 nitrogen and oxygen atoms in total. The Morgan fingerprint density at radius 3 is 1.24 bits per heavy atom. The van der Waals surface area contributed by atoms with E-state index in [9.17, 15) is 18.7 Å². The predicted octanol–water partition coefficient (Wildman–Crippen LogP) is 5.24. The molecule has 0 amide bonds. The Kier molecular flexibility index (Phi) is 11.3. The third-order valence-electron chi connectivity index (χ3n) is 4.27. The number of hydrogen-bond donors (Lipinski definition) is 2. The second kappa shape index (κ2) is 13.7. The lowest BCUT2D eigenvalue weighted by atomic mass is 10.3. The summed E-state index contributed by atoms with van der Waals surface area (Å²) < 4.78 is 54.9. The molecule has 0 radical (unpaired) electrons. The number of ether oxygens (including phenoxy) is 2. The number of para-hydroxylation sites is 2. The molecule has 0 heterocycles. The molecule has 0 saturated carbocycles. The first-order chi connectivity index (χ1) is 17.3. The van der Waals surface area contributed by atoms with Gasteiger partial charge in [-0.15, -0.1) is 0 Å². The summed E-state index contributed by atoms with van der Waals surface area (Å²) in [7, 11) is -9.24. The second-order valence-corrected chi connectivity index (χ2v) is 12.1. The molecule has 0 aliphatic carbocycles. The third kappa shape index (κ3) is 10.7. The molecule has 0 saturated heterocycles. The van der Waals surface area contributed by atoms with Crippen LogP contribution < -0.4 is 19.2 Å². The van der Waals surface area contributed by atoms with Gasteiger partial charge in [-0.1, -0.05) is 36.4 Å². The molecule has 0 bridgehead atoms. The molecule has 0 spiro atoms. The van der Waals surface area contributed by atoms with Gasteiger partial charge < -0.3 is 18.5 Å². The summed E-state index contributed by atoms with van der Waals surface area (Å²) >= 11 is 0. The minimum absolute atomic E-state index is 0.0984. The molecule has 4 atom stereocenters. The van der Waals surface area contributed by atoms with Crippen LogP contribution in [0.4, 0.5) is 0 Å². The van der Waals surface area contributed by atoms with Gasteiger partial charge in [0, 0.05) is 0 Å². The molecular weight excluding hydrogens is 522 g/mol. The number of carbonyl (C=O) groups excluding carboxylic acids is 2. The van der Waals surface area contributed by atoms with Crippen molar-refractivity contribution in [1.82, 2.24) is 10.2 Å². The molecule has 2 N–H and O–H groups in total. The monoisotopic (exact) mass is 556 g/mol. The zero-order valence-electron chi connectivity index (χ0n) is 21.7. The SMILES string of the molecule is CC(C)OC(=O)C(C)NP(=O)(Oc1ccccc1)OP(=O)(NC(C)C(=O)OC(C)C)Oc1ccccc1. The largest absolute Gasteiger partial charge is 0.468 e. The number of benzene rings is 2. The zero-order valence-corrected chi connectivity index (χ0v) is 23.4. The van der Waals surface area contributed by atoms with Gasteiger partial charge in [0.25, 0.3) is 0 Å². The Balaban J connectivity index is 2.42. The van der Waals surface area contributed by atoms with E-state index in [2.05, 4.69) is 10.2 Å². The summed E-state index contributed by atoms with van der Waals surface area (Å²) in [6, 6.07) is 13.5. The summed E-state index contributed by atoms with van der Waals surface area (Å²) in [6.07, 6.45) is -0.872. The van der Waals surface area contributed by atoms with Crippen molar-refractivity contribution in [3.8, 4) is 11.5 Å². The van der Waals surface area contributed by atoms with Crippen LogP contribution in [-0.4, -0.2) is 36.2 Å². The summed E-state index contributed by atoms with van der Waals surface area (Å²) in [4.78, 5) is 24.8. The zero-order chi connectivity index (χ0) is 27.6. The van der Waals surface area contributed by atoms with E-state index in [0.717, 1.165) is 0 Å². The van der Waals surface area contributed by atoms with Crippen LogP contribution >= 0.6 is 15.5 Å². The van der Waals surface area contributed by atoms with Crippen molar-refractivity contribution >= 4 is 27.4 Å². The fraction of sp³-hybridized carbons (Fsp3) is 0.417. The Hall–Kier alpha value is -2.68. The smallest absolute Gasteiger partial charge is 0.462 e. The lowest BCUT2D eigenvalue weighted by Crippen LogP contribution is -2.38. The van der Waals surface area contributed by atoms with Crippen molar-refractivity contribution < 1.29 is 41.6 Å². The second-order valence-electron chi connectivity index (χ2n) is 8.56. The normalized spacial score (nSPS) is 16.2. The lowest BCUT2D eigenvalue weighted by molar-refractivity contribution is -0.149. The molecule has 0 aromatic heterocycles. The third-order valence-corrected chi connectivity index (χ3v) is 8.30. The van der Waals surface area contributed by atoms with Crippen LogP contribution in [0, 0.1) is 0 Å². The summed E-state index contributed by atoms with van der Waals surface area (Å²) in [5.41, 5.74) is 0. The average Bonchev–Trinajstić information content (AvgIpc) is 2.78. The lowest BCUT2D eigenvalue weighted by Gasteiger charge is -2.28. The molecule has 13 heteroatoms. The number of carbonyl (C=O) groups is 2. The van der Waals surface area contributed by atoms with E-state index in [-0.39, 0.29) is 11.5 Å². The molecule has 2 aromatic rings. The van der Waals surface area contributed by atoms with Crippen LogP contribution in [0.5, 0.6) is 11.5 Å². The standard InChI is InChI=1S/C24H34N2O9P2/c1-17(2)31-23(27)19(5)25-36(29,33-21-13-9-7-10-14-21)35-37(30,34-22-15-11-8-12-16-22)26-20(6)24(28)32-18(3)4/h7-20H,1-6H3,(H,25,29)(H,26,30). The molecule has 0 fully saturated rings. The molecule has 204 valence electrons. The number of rotatable bonds is 14. The van der Waals surface area contributed by atoms with E-state index in [4.69, 9.17) is 22.8 Å².